The van der Waals surface area contributed by atoms with Crippen LogP contribution in [0.2, 0.25) is 0 Å². The van der Waals surface area contributed by atoms with Gasteiger partial charge < -0.3 is 5.11 Å². The first-order valence-corrected chi connectivity index (χ1v) is 13.2. The van der Waals surface area contributed by atoms with Crippen molar-refractivity contribution in [1.82, 2.24) is 0 Å². The fourth-order valence-corrected chi connectivity index (χ4v) is 5.19. The maximum absolute atomic E-state index is 12.0. The number of benzene rings is 2. The highest BCUT2D eigenvalue weighted by Crippen LogP contribution is 2.41. The molecule has 0 aromatic heterocycles. The van der Waals surface area contributed by atoms with Crippen molar-refractivity contribution in [3.8, 4) is 0 Å². The predicted molar refractivity (Wildman–Crippen MR) is 154 cm³/mol. The van der Waals surface area contributed by atoms with E-state index in [9.17, 15) is 15.2 Å². The third-order valence-corrected chi connectivity index (χ3v) is 7.50. The summed E-state index contributed by atoms with van der Waals surface area (Å²) in [5.74, 6) is 0.0706. The molecule has 36 heavy (non-hydrogen) atoms. The van der Waals surface area contributed by atoms with E-state index < -0.39 is 0 Å². The van der Waals surface area contributed by atoms with Crippen molar-refractivity contribution < 1.29 is 10.0 Å². The van der Waals surface area contributed by atoms with E-state index in [0.717, 1.165) is 47.0 Å². The molecule has 0 unspecified atom stereocenters. The van der Waals surface area contributed by atoms with Gasteiger partial charge in [-0.3, -0.25) is 20.0 Å². The third-order valence-electron chi connectivity index (χ3n) is 6.39. The molecule has 1 N–H and O–H groups in total. The zero-order valence-electron chi connectivity index (χ0n) is 23.2. The van der Waals surface area contributed by atoms with Gasteiger partial charge in [-0.25, -0.2) is 0 Å². The highest BCUT2D eigenvalue weighted by atomic mass is 32.2. The maximum Gasteiger partial charge on any atom is 0.283 e. The van der Waals surface area contributed by atoms with Crippen molar-refractivity contribution in [1.29, 1.82) is 0 Å². The van der Waals surface area contributed by atoms with E-state index in [1.165, 1.54) is 0 Å². The minimum atomic E-state index is -0.347. The number of hydrogen-bond acceptors (Lipinski definition) is 5. The van der Waals surface area contributed by atoms with Crippen molar-refractivity contribution in [3.05, 3.63) is 75.7 Å². The Bertz CT molecular complexity index is 1140. The summed E-state index contributed by atoms with van der Waals surface area (Å²) in [4.78, 5) is 18.2. The van der Waals surface area contributed by atoms with Gasteiger partial charge in [-0.15, -0.1) is 0 Å². The van der Waals surface area contributed by atoms with Crippen LogP contribution in [0.15, 0.2) is 58.7 Å². The average molecular weight is 512 g/mol. The van der Waals surface area contributed by atoms with Gasteiger partial charge in [0, 0.05) is 13.1 Å². The molecule has 0 aliphatic carbocycles. The maximum atomic E-state index is 12.0. The van der Waals surface area contributed by atoms with E-state index in [1.54, 1.807) is 24.1 Å². The second-order valence-electron chi connectivity index (χ2n) is 11.1. The number of aliphatic hydroxyl groups excluding tert-OH is 1. The summed E-state index contributed by atoms with van der Waals surface area (Å²) >= 11 is 1.16. The van der Waals surface area contributed by atoms with Crippen molar-refractivity contribution >= 4 is 28.3 Å². The number of aliphatic hydroxyl groups is 1. The molecule has 0 spiro atoms. The fraction of sp³-hybridized carbons (Fsp3) is 0.483. The zero-order valence-corrected chi connectivity index (χ0v) is 24.0. The van der Waals surface area contributed by atoms with Gasteiger partial charge in [-0.1, -0.05) is 73.6 Å². The molecule has 196 valence electrons. The lowest BCUT2D eigenvalue weighted by molar-refractivity contribution is -0.387. The zero-order chi connectivity index (χ0) is 27.4. The van der Waals surface area contributed by atoms with Gasteiger partial charge in [-0.2, -0.15) is 0 Å². The smallest absolute Gasteiger partial charge is 0.283 e. The largest absolute Gasteiger partial charge is 0.495 e. The van der Waals surface area contributed by atoms with Crippen LogP contribution < -0.4 is 4.90 Å². The molecule has 0 saturated heterocycles. The van der Waals surface area contributed by atoms with Crippen LogP contribution in [0.3, 0.4) is 0 Å². The average Bonchev–Trinajstić information content (AvgIpc) is 2.78. The Morgan fingerprint density at radius 3 is 2.14 bits per heavy atom. The number of thioether (sulfide) groups is 1. The van der Waals surface area contributed by atoms with Crippen LogP contribution in [0.25, 0.3) is 0 Å². The standard InChI is InChI=1S/C29H41N3O3S/c1-11-20(12-2)21-13-16-26(25(17-21)32(34)35)36-27(30-10)31(19(3)33)24-18-22(28(4,5)6)14-15-23(24)29(7,8)9/h13-18,20,33H,3,11-12H2,1-2,4-10H3. The van der Waals surface area contributed by atoms with Gasteiger partial charge in [0.05, 0.1) is 15.5 Å². The first-order valence-electron chi connectivity index (χ1n) is 12.4. The number of aliphatic imine (C=N–C) groups is 1. The van der Waals surface area contributed by atoms with Gasteiger partial charge in [0.2, 0.25) is 0 Å². The Hall–Kier alpha value is -2.80. The summed E-state index contributed by atoms with van der Waals surface area (Å²) in [5.41, 5.74) is 3.51. The summed E-state index contributed by atoms with van der Waals surface area (Å²) in [6, 6.07) is 11.7. The molecular formula is C29H41N3O3S. The first-order chi connectivity index (χ1) is 16.6. The highest BCUT2D eigenvalue weighted by molar-refractivity contribution is 8.14. The molecule has 0 saturated carbocycles. The normalized spacial score (nSPS) is 12.7. The van der Waals surface area contributed by atoms with E-state index in [4.69, 9.17) is 0 Å². The molecule has 6 nitrogen and oxygen atoms in total. The van der Waals surface area contributed by atoms with Crippen molar-refractivity contribution in [2.45, 2.75) is 89.9 Å². The van der Waals surface area contributed by atoms with Gasteiger partial charge in [0.1, 0.15) is 0 Å². The molecule has 7 heteroatoms. The molecular weight excluding hydrogens is 470 g/mol. The molecule has 0 heterocycles. The van der Waals surface area contributed by atoms with E-state index in [-0.39, 0.29) is 33.2 Å². The summed E-state index contributed by atoms with van der Waals surface area (Å²) in [6.45, 7) is 20.7. The van der Waals surface area contributed by atoms with E-state index in [0.29, 0.717) is 10.1 Å². The number of anilines is 1. The minimum absolute atomic E-state index is 0.0357. The number of amidine groups is 1. The molecule has 0 radical (unpaired) electrons. The topological polar surface area (TPSA) is 79.0 Å². The quantitative estimate of drug-likeness (QED) is 0.100. The number of hydrogen-bond donors (Lipinski definition) is 1. The lowest BCUT2D eigenvalue weighted by atomic mass is 9.81. The second-order valence-corrected chi connectivity index (χ2v) is 12.1. The van der Waals surface area contributed by atoms with Gasteiger partial charge in [0.15, 0.2) is 11.1 Å². The number of nitro benzene ring substituents is 1. The van der Waals surface area contributed by atoms with Crippen LogP contribution in [0.5, 0.6) is 0 Å². The van der Waals surface area contributed by atoms with Gasteiger partial charge in [-0.05, 0) is 76.8 Å². The van der Waals surface area contributed by atoms with Crippen molar-refractivity contribution in [3.63, 3.8) is 0 Å². The Balaban J connectivity index is 2.68. The number of rotatable bonds is 7. The summed E-state index contributed by atoms with van der Waals surface area (Å²) in [5, 5.41) is 23.2. The Morgan fingerprint density at radius 1 is 1.08 bits per heavy atom. The molecule has 0 aliphatic rings. The molecule has 2 aromatic rings. The van der Waals surface area contributed by atoms with Crippen molar-refractivity contribution in [2.75, 3.05) is 11.9 Å². The highest BCUT2D eigenvalue weighted by Gasteiger charge is 2.29. The van der Waals surface area contributed by atoms with Crippen LogP contribution in [0, 0.1) is 10.1 Å². The molecule has 0 atom stereocenters. The lowest BCUT2D eigenvalue weighted by Crippen LogP contribution is -2.31. The van der Waals surface area contributed by atoms with E-state index in [1.807, 2.05) is 6.07 Å². The van der Waals surface area contributed by atoms with Crippen LogP contribution in [0.4, 0.5) is 11.4 Å². The minimum Gasteiger partial charge on any atom is -0.495 e. The van der Waals surface area contributed by atoms with Crippen LogP contribution in [-0.4, -0.2) is 22.2 Å². The summed E-state index contributed by atoms with van der Waals surface area (Å²) < 4.78 is 0. The molecule has 0 aliphatic heterocycles. The lowest BCUT2D eigenvalue weighted by Gasteiger charge is -2.32. The SMILES string of the molecule is C=C(O)N(C(=NC)Sc1ccc(C(CC)CC)cc1[N+](=O)[O-])c1cc(C(C)(C)C)ccc1C(C)(C)C. The Kier molecular flexibility index (Phi) is 9.40. The third kappa shape index (κ3) is 6.69. The predicted octanol–water partition coefficient (Wildman–Crippen LogP) is 8.71. The van der Waals surface area contributed by atoms with Crippen LogP contribution >= 0.6 is 11.8 Å². The van der Waals surface area contributed by atoms with Gasteiger partial charge in [0.25, 0.3) is 5.69 Å². The van der Waals surface area contributed by atoms with Crippen molar-refractivity contribution in [2.24, 2.45) is 4.99 Å². The molecule has 0 fully saturated rings. The Morgan fingerprint density at radius 2 is 1.69 bits per heavy atom. The number of nitro groups is 1. The molecule has 0 amide bonds. The van der Waals surface area contributed by atoms with E-state index >= 15 is 0 Å². The second kappa shape index (κ2) is 11.5. The molecule has 0 bridgehead atoms. The fourth-order valence-electron chi connectivity index (χ4n) is 4.24. The molecule has 2 aromatic carbocycles. The monoisotopic (exact) mass is 511 g/mol. The first kappa shape index (κ1) is 29.4. The van der Waals surface area contributed by atoms with Crippen LogP contribution in [-0.2, 0) is 10.8 Å². The molecule has 2 rings (SSSR count). The Labute approximate surface area is 220 Å². The summed E-state index contributed by atoms with van der Waals surface area (Å²) in [7, 11) is 1.62. The summed E-state index contributed by atoms with van der Waals surface area (Å²) in [6.07, 6.45) is 1.83. The van der Waals surface area contributed by atoms with E-state index in [2.05, 4.69) is 85.2 Å². The van der Waals surface area contributed by atoms with Gasteiger partial charge >= 0.3 is 0 Å². The van der Waals surface area contributed by atoms with Crippen LogP contribution in [0.1, 0.15) is 90.8 Å². The number of nitrogens with zero attached hydrogens (tertiary/aromatic N) is 3.